The Morgan fingerprint density at radius 2 is 2.12 bits per heavy atom. The van der Waals surface area contributed by atoms with Crippen LogP contribution >= 0.6 is 0 Å². The first kappa shape index (κ1) is 13.4. The molecule has 1 heterocycles. The number of ether oxygens (including phenoxy) is 2. The van der Waals surface area contributed by atoms with Crippen molar-refractivity contribution in [2.45, 2.75) is 19.4 Å². The molecule has 6 heteroatoms. The second kappa shape index (κ2) is 5.58. The van der Waals surface area contributed by atoms with E-state index in [2.05, 4.69) is 20.0 Å². The zero-order valence-corrected chi connectivity index (χ0v) is 10.5. The van der Waals surface area contributed by atoms with Gasteiger partial charge in [0.15, 0.2) is 5.69 Å². The van der Waals surface area contributed by atoms with Gasteiger partial charge >= 0.3 is 5.97 Å². The van der Waals surface area contributed by atoms with Crippen molar-refractivity contribution in [1.82, 2.24) is 9.97 Å². The minimum atomic E-state index is -0.509. The first-order valence-electron chi connectivity index (χ1n) is 5.16. The van der Waals surface area contributed by atoms with Gasteiger partial charge in [0.05, 0.1) is 31.6 Å². The van der Waals surface area contributed by atoms with E-state index >= 15 is 0 Å². The van der Waals surface area contributed by atoms with Gasteiger partial charge in [-0.1, -0.05) is 0 Å². The maximum absolute atomic E-state index is 11.3. The lowest BCUT2D eigenvalue weighted by molar-refractivity contribution is 0.0593. The van der Waals surface area contributed by atoms with Crippen LogP contribution in [-0.4, -0.2) is 42.3 Å². The second-order valence-electron chi connectivity index (χ2n) is 4.22. The van der Waals surface area contributed by atoms with Crippen molar-refractivity contribution in [2.75, 3.05) is 26.1 Å². The van der Waals surface area contributed by atoms with Gasteiger partial charge < -0.3 is 14.8 Å². The highest BCUT2D eigenvalue weighted by molar-refractivity contribution is 5.87. The van der Waals surface area contributed by atoms with Crippen molar-refractivity contribution in [2.24, 2.45) is 0 Å². The quantitative estimate of drug-likeness (QED) is 0.776. The summed E-state index contributed by atoms with van der Waals surface area (Å²) < 4.78 is 9.65. The van der Waals surface area contributed by atoms with Crippen molar-refractivity contribution < 1.29 is 14.3 Å². The number of nitrogens with zero attached hydrogens (tertiary/aromatic N) is 2. The Hall–Kier alpha value is -1.69. The van der Waals surface area contributed by atoms with E-state index < -0.39 is 5.97 Å². The van der Waals surface area contributed by atoms with Crippen LogP contribution in [0.1, 0.15) is 24.3 Å². The normalized spacial score (nSPS) is 11.1. The standard InChI is InChI=1S/C11H17N3O3/c1-11(2,7-16-3)14-9-6-12-5-8(13-9)10(15)17-4/h5-6H,7H2,1-4H3,(H,13,14). The Balaban J connectivity index is 2.82. The van der Waals surface area contributed by atoms with E-state index in [1.54, 1.807) is 13.3 Å². The smallest absolute Gasteiger partial charge is 0.358 e. The molecule has 0 radical (unpaired) electrons. The summed E-state index contributed by atoms with van der Waals surface area (Å²) in [5, 5.41) is 3.13. The third kappa shape index (κ3) is 3.99. The fraction of sp³-hybridized carbons (Fsp3) is 0.545. The molecular formula is C11H17N3O3. The van der Waals surface area contributed by atoms with Crippen LogP contribution in [0.4, 0.5) is 5.82 Å². The maximum Gasteiger partial charge on any atom is 0.358 e. The Morgan fingerprint density at radius 3 is 2.71 bits per heavy atom. The SMILES string of the molecule is COCC(C)(C)Nc1cncc(C(=O)OC)n1. The average Bonchev–Trinajstić information content (AvgIpc) is 2.27. The maximum atomic E-state index is 11.3. The second-order valence-corrected chi connectivity index (χ2v) is 4.22. The molecule has 0 unspecified atom stereocenters. The van der Waals surface area contributed by atoms with Gasteiger partial charge in [0.25, 0.3) is 0 Å². The summed E-state index contributed by atoms with van der Waals surface area (Å²) in [6.45, 7) is 4.43. The van der Waals surface area contributed by atoms with E-state index in [1.165, 1.54) is 13.3 Å². The average molecular weight is 239 g/mol. The topological polar surface area (TPSA) is 73.3 Å². The van der Waals surface area contributed by atoms with Gasteiger partial charge in [-0.25, -0.2) is 9.78 Å². The molecule has 0 aliphatic carbocycles. The lowest BCUT2D eigenvalue weighted by atomic mass is 10.1. The molecule has 0 spiro atoms. The van der Waals surface area contributed by atoms with Gasteiger partial charge in [-0.15, -0.1) is 0 Å². The zero-order chi connectivity index (χ0) is 12.9. The van der Waals surface area contributed by atoms with Crippen LogP contribution in [0.2, 0.25) is 0 Å². The first-order chi connectivity index (χ1) is 7.98. The lowest BCUT2D eigenvalue weighted by Gasteiger charge is -2.25. The molecule has 0 fully saturated rings. The summed E-state index contributed by atoms with van der Waals surface area (Å²) in [5.41, 5.74) is -0.122. The molecule has 1 rings (SSSR count). The zero-order valence-electron chi connectivity index (χ0n) is 10.5. The molecule has 0 amide bonds. The number of aromatic nitrogens is 2. The van der Waals surface area contributed by atoms with Gasteiger partial charge in [0, 0.05) is 7.11 Å². The number of anilines is 1. The number of hydrogen-bond donors (Lipinski definition) is 1. The van der Waals surface area contributed by atoms with Crippen molar-refractivity contribution in [1.29, 1.82) is 0 Å². The predicted molar refractivity (Wildman–Crippen MR) is 62.9 cm³/mol. The number of nitrogens with one attached hydrogen (secondary N) is 1. The summed E-state index contributed by atoms with van der Waals surface area (Å²) in [6.07, 6.45) is 2.91. The lowest BCUT2D eigenvalue weighted by Crippen LogP contribution is -2.36. The van der Waals surface area contributed by atoms with Crippen LogP contribution in [0.5, 0.6) is 0 Å². The van der Waals surface area contributed by atoms with Gasteiger partial charge in [-0.05, 0) is 13.8 Å². The van der Waals surface area contributed by atoms with E-state index in [-0.39, 0.29) is 11.2 Å². The molecule has 1 N–H and O–H groups in total. The number of methoxy groups -OCH3 is 2. The third-order valence-electron chi connectivity index (χ3n) is 2.00. The van der Waals surface area contributed by atoms with Gasteiger partial charge in [0.1, 0.15) is 5.82 Å². The highest BCUT2D eigenvalue weighted by Gasteiger charge is 2.18. The molecule has 6 nitrogen and oxygen atoms in total. The Kier molecular flexibility index (Phi) is 4.39. The predicted octanol–water partition coefficient (Wildman–Crippen LogP) is 1.10. The number of carbonyl (C=O) groups is 1. The van der Waals surface area contributed by atoms with Gasteiger partial charge in [-0.3, -0.25) is 4.98 Å². The number of hydrogen-bond acceptors (Lipinski definition) is 6. The van der Waals surface area contributed by atoms with Gasteiger partial charge in [-0.2, -0.15) is 0 Å². The summed E-state index contributed by atoms with van der Waals surface area (Å²) in [4.78, 5) is 19.3. The van der Waals surface area contributed by atoms with Crippen molar-refractivity contribution in [3.8, 4) is 0 Å². The molecule has 0 aromatic carbocycles. The van der Waals surface area contributed by atoms with Crippen LogP contribution in [-0.2, 0) is 9.47 Å². The molecule has 1 aromatic heterocycles. The van der Waals surface area contributed by atoms with Crippen LogP contribution in [0.3, 0.4) is 0 Å². The Bertz CT molecular complexity index is 393. The molecule has 0 saturated carbocycles. The summed E-state index contributed by atoms with van der Waals surface area (Å²) in [6, 6.07) is 0. The molecule has 94 valence electrons. The Labute approximate surface area is 100 Å². The molecular weight excluding hydrogens is 222 g/mol. The van der Waals surface area contributed by atoms with Crippen LogP contribution in [0.15, 0.2) is 12.4 Å². The fourth-order valence-electron chi connectivity index (χ4n) is 1.37. The third-order valence-corrected chi connectivity index (χ3v) is 2.00. The van der Waals surface area contributed by atoms with Crippen molar-refractivity contribution >= 4 is 11.8 Å². The Morgan fingerprint density at radius 1 is 1.41 bits per heavy atom. The van der Waals surface area contributed by atoms with E-state index in [9.17, 15) is 4.79 Å². The summed E-state index contributed by atoms with van der Waals surface area (Å²) in [5.74, 6) is 0.000600. The van der Waals surface area contributed by atoms with Crippen LogP contribution in [0, 0.1) is 0 Å². The molecule has 0 aliphatic heterocycles. The summed E-state index contributed by atoms with van der Waals surface area (Å²) >= 11 is 0. The van der Waals surface area contributed by atoms with Crippen molar-refractivity contribution in [3.05, 3.63) is 18.1 Å². The van der Waals surface area contributed by atoms with E-state index in [1.807, 2.05) is 13.8 Å². The minimum Gasteiger partial charge on any atom is -0.464 e. The largest absolute Gasteiger partial charge is 0.464 e. The highest BCUT2D eigenvalue weighted by atomic mass is 16.5. The summed E-state index contributed by atoms with van der Waals surface area (Å²) in [7, 11) is 2.93. The number of rotatable bonds is 5. The van der Waals surface area contributed by atoms with Crippen LogP contribution in [0.25, 0.3) is 0 Å². The molecule has 0 aliphatic rings. The highest BCUT2D eigenvalue weighted by Crippen LogP contribution is 2.12. The first-order valence-corrected chi connectivity index (χ1v) is 5.16. The van der Waals surface area contributed by atoms with Gasteiger partial charge in [0.2, 0.25) is 0 Å². The molecule has 0 saturated heterocycles. The van der Waals surface area contributed by atoms with Crippen molar-refractivity contribution in [3.63, 3.8) is 0 Å². The molecule has 0 bridgehead atoms. The monoisotopic (exact) mass is 239 g/mol. The number of esters is 1. The fourth-order valence-corrected chi connectivity index (χ4v) is 1.37. The molecule has 0 atom stereocenters. The van der Waals surface area contributed by atoms with E-state index in [0.717, 1.165) is 0 Å². The van der Waals surface area contributed by atoms with E-state index in [4.69, 9.17) is 4.74 Å². The molecule has 1 aromatic rings. The van der Waals surface area contributed by atoms with Crippen LogP contribution < -0.4 is 5.32 Å². The molecule has 17 heavy (non-hydrogen) atoms. The minimum absolute atomic E-state index is 0.172. The van der Waals surface area contributed by atoms with E-state index in [0.29, 0.717) is 12.4 Å². The number of carbonyl (C=O) groups excluding carboxylic acids is 1.